The van der Waals surface area contributed by atoms with E-state index in [0.29, 0.717) is 25.0 Å². The Morgan fingerprint density at radius 3 is 2.38 bits per heavy atom. The molecule has 0 aromatic heterocycles. The van der Waals surface area contributed by atoms with Crippen molar-refractivity contribution in [3.05, 3.63) is 35.9 Å². The second-order valence-corrected chi connectivity index (χ2v) is 5.51. The summed E-state index contributed by atoms with van der Waals surface area (Å²) in [6, 6.07) is 9.96. The van der Waals surface area contributed by atoms with E-state index in [2.05, 4.69) is 18.8 Å². The lowest BCUT2D eigenvalue weighted by atomic mass is 10.0. The number of aliphatic imine (C=N–C) groups is 2. The van der Waals surface area contributed by atoms with Gasteiger partial charge in [0, 0.05) is 0 Å². The van der Waals surface area contributed by atoms with Gasteiger partial charge in [0.15, 0.2) is 0 Å². The summed E-state index contributed by atoms with van der Waals surface area (Å²) in [7, 11) is 0. The van der Waals surface area contributed by atoms with Gasteiger partial charge < -0.3 is 9.47 Å². The molecule has 1 aliphatic rings. The van der Waals surface area contributed by atoms with Crippen LogP contribution in [-0.4, -0.2) is 30.5 Å². The van der Waals surface area contributed by atoms with Crippen molar-refractivity contribution in [3.8, 4) is 0 Å². The molecule has 1 aromatic carbocycles. The van der Waals surface area contributed by atoms with Crippen molar-refractivity contribution in [2.75, 3.05) is 6.61 Å². The minimum atomic E-state index is -0.0923. The van der Waals surface area contributed by atoms with Gasteiger partial charge in [-0.1, -0.05) is 44.2 Å². The largest absolute Gasteiger partial charge is 0.480 e. The van der Waals surface area contributed by atoms with E-state index < -0.39 is 0 Å². The molecule has 0 saturated heterocycles. The molecule has 4 nitrogen and oxygen atoms in total. The third kappa shape index (κ3) is 4.06. The number of rotatable bonds is 4. The van der Waals surface area contributed by atoms with Crippen LogP contribution < -0.4 is 0 Å². The minimum Gasteiger partial charge on any atom is -0.480 e. The van der Waals surface area contributed by atoms with Crippen LogP contribution in [0.15, 0.2) is 40.3 Å². The van der Waals surface area contributed by atoms with Gasteiger partial charge in [0.05, 0.1) is 6.61 Å². The van der Waals surface area contributed by atoms with Crippen molar-refractivity contribution in [3.63, 3.8) is 0 Å². The number of benzene rings is 1. The van der Waals surface area contributed by atoms with Crippen LogP contribution >= 0.6 is 0 Å². The van der Waals surface area contributed by atoms with Gasteiger partial charge in [-0.2, -0.15) is 0 Å². The summed E-state index contributed by atoms with van der Waals surface area (Å²) in [6.07, 6.45) is 0. The summed E-state index contributed by atoms with van der Waals surface area (Å²) >= 11 is 0. The fourth-order valence-corrected chi connectivity index (χ4v) is 2.22. The Kier molecular flexibility index (Phi) is 5.37. The zero-order valence-electron chi connectivity index (χ0n) is 13.2. The first kappa shape index (κ1) is 15.5. The number of hydrogen-bond donors (Lipinski definition) is 0. The minimum absolute atomic E-state index is 0.0491. The van der Waals surface area contributed by atoms with E-state index in [1.54, 1.807) is 0 Å². The molecule has 0 saturated carbocycles. The van der Waals surface area contributed by atoms with Gasteiger partial charge in [0.2, 0.25) is 11.8 Å². The summed E-state index contributed by atoms with van der Waals surface area (Å²) in [4.78, 5) is 9.32. The molecular weight excluding hydrogens is 264 g/mol. The highest BCUT2D eigenvalue weighted by Crippen LogP contribution is 2.18. The maximum Gasteiger partial charge on any atom is 0.209 e. The van der Waals surface area contributed by atoms with Gasteiger partial charge in [-0.25, -0.2) is 9.98 Å². The van der Waals surface area contributed by atoms with Crippen LogP contribution in [0.5, 0.6) is 0 Å². The zero-order chi connectivity index (χ0) is 15.2. The molecule has 0 radical (unpaired) electrons. The van der Waals surface area contributed by atoms with Crippen LogP contribution in [-0.2, 0) is 16.1 Å². The molecule has 0 bridgehead atoms. The molecule has 1 aliphatic heterocycles. The summed E-state index contributed by atoms with van der Waals surface area (Å²) in [5, 5.41) is 0. The Bertz CT molecular complexity index is 509. The van der Waals surface area contributed by atoms with Gasteiger partial charge in [-0.3, -0.25) is 0 Å². The Hall–Kier alpha value is -1.84. The average molecular weight is 288 g/mol. The summed E-state index contributed by atoms with van der Waals surface area (Å²) in [5.74, 6) is 1.76. The SMILES string of the molecule is CCOC1=N[C@H](C)C(OCc2ccccc2)=N[C@H]1C(C)C. The molecule has 1 heterocycles. The summed E-state index contributed by atoms with van der Waals surface area (Å²) in [6.45, 7) is 9.33. The predicted molar refractivity (Wildman–Crippen MR) is 85.8 cm³/mol. The van der Waals surface area contributed by atoms with E-state index in [0.717, 1.165) is 11.5 Å². The molecule has 0 N–H and O–H groups in total. The molecule has 114 valence electrons. The van der Waals surface area contributed by atoms with E-state index in [4.69, 9.17) is 14.5 Å². The lowest BCUT2D eigenvalue weighted by Gasteiger charge is -2.26. The Morgan fingerprint density at radius 1 is 1.05 bits per heavy atom. The van der Waals surface area contributed by atoms with Crippen LogP contribution in [0.4, 0.5) is 0 Å². The highest BCUT2D eigenvalue weighted by Gasteiger charge is 2.29. The first-order valence-corrected chi connectivity index (χ1v) is 7.56. The molecule has 4 heteroatoms. The number of nitrogens with zero attached hydrogens (tertiary/aromatic N) is 2. The van der Waals surface area contributed by atoms with E-state index in [9.17, 15) is 0 Å². The molecule has 0 spiro atoms. The van der Waals surface area contributed by atoms with E-state index in [1.165, 1.54) is 0 Å². The summed E-state index contributed by atoms with van der Waals surface area (Å²) in [5.41, 5.74) is 1.13. The van der Waals surface area contributed by atoms with Crippen LogP contribution in [0, 0.1) is 5.92 Å². The van der Waals surface area contributed by atoms with Crippen LogP contribution in [0.3, 0.4) is 0 Å². The van der Waals surface area contributed by atoms with Crippen LogP contribution in [0.25, 0.3) is 0 Å². The van der Waals surface area contributed by atoms with Gasteiger partial charge in [0.1, 0.15) is 18.7 Å². The Labute approximate surface area is 126 Å². The molecule has 1 aromatic rings. The zero-order valence-corrected chi connectivity index (χ0v) is 13.2. The fraction of sp³-hybridized carbons (Fsp3) is 0.529. The molecule has 0 aliphatic carbocycles. The number of ether oxygens (including phenoxy) is 2. The van der Waals surface area contributed by atoms with Gasteiger partial charge in [-0.15, -0.1) is 0 Å². The molecular formula is C17H24N2O2. The first-order valence-electron chi connectivity index (χ1n) is 7.56. The highest BCUT2D eigenvalue weighted by molar-refractivity contribution is 5.93. The monoisotopic (exact) mass is 288 g/mol. The lowest BCUT2D eigenvalue weighted by Crippen LogP contribution is -2.37. The fourth-order valence-electron chi connectivity index (χ4n) is 2.22. The second-order valence-electron chi connectivity index (χ2n) is 5.51. The Balaban J connectivity index is 2.07. The molecule has 2 rings (SSSR count). The van der Waals surface area contributed by atoms with Crippen molar-refractivity contribution in [2.45, 2.75) is 46.4 Å². The van der Waals surface area contributed by atoms with Crippen molar-refractivity contribution in [2.24, 2.45) is 15.9 Å². The van der Waals surface area contributed by atoms with Crippen molar-refractivity contribution in [1.82, 2.24) is 0 Å². The third-order valence-corrected chi connectivity index (χ3v) is 3.35. The van der Waals surface area contributed by atoms with Crippen molar-refractivity contribution < 1.29 is 9.47 Å². The van der Waals surface area contributed by atoms with E-state index in [1.807, 2.05) is 44.2 Å². The molecule has 0 amide bonds. The maximum absolute atomic E-state index is 5.88. The molecule has 2 atom stereocenters. The maximum atomic E-state index is 5.88. The molecule has 21 heavy (non-hydrogen) atoms. The standard InChI is InChI=1S/C17H24N2O2/c1-5-20-17-15(12(2)3)19-16(13(4)18-17)21-11-14-9-7-6-8-10-14/h6-10,12-13,15H,5,11H2,1-4H3/t13-,15+/m1/s1. The lowest BCUT2D eigenvalue weighted by molar-refractivity contribution is 0.261. The van der Waals surface area contributed by atoms with Crippen molar-refractivity contribution in [1.29, 1.82) is 0 Å². The highest BCUT2D eigenvalue weighted by atomic mass is 16.5. The van der Waals surface area contributed by atoms with Crippen molar-refractivity contribution >= 4 is 11.8 Å². The first-order chi connectivity index (χ1) is 10.1. The molecule has 0 unspecified atom stereocenters. The average Bonchev–Trinajstić information content (AvgIpc) is 2.47. The van der Waals surface area contributed by atoms with Gasteiger partial charge in [0.25, 0.3) is 0 Å². The second kappa shape index (κ2) is 7.25. The predicted octanol–water partition coefficient (Wildman–Crippen LogP) is 3.46. The summed E-state index contributed by atoms with van der Waals surface area (Å²) < 4.78 is 11.5. The van der Waals surface area contributed by atoms with Crippen LogP contribution in [0.1, 0.15) is 33.3 Å². The topological polar surface area (TPSA) is 43.2 Å². The van der Waals surface area contributed by atoms with Crippen LogP contribution in [0.2, 0.25) is 0 Å². The smallest absolute Gasteiger partial charge is 0.209 e. The third-order valence-electron chi connectivity index (χ3n) is 3.35. The van der Waals surface area contributed by atoms with Gasteiger partial charge in [-0.05, 0) is 25.3 Å². The van der Waals surface area contributed by atoms with E-state index in [-0.39, 0.29) is 12.1 Å². The normalized spacial score (nSPS) is 21.8. The molecule has 0 fully saturated rings. The quantitative estimate of drug-likeness (QED) is 0.851. The number of hydrogen-bond acceptors (Lipinski definition) is 4. The Morgan fingerprint density at radius 2 is 1.76 bits per heavy atom. The van der Waals surface area contributed by atoms with Gasteiger partial charge >= 0.3 is 0 Å². The van der Waals surface area contributed by atoms with E-state index >= 15 is 0 Å².